The molecule has 0 fully saturated rings. The summed E-state index contributed by atoms with van der Waals surface area (Å²) >= 11 is 1.49. The van der Waals surface area contributed by atoms with E-state index in [-0.39, 0.29) is 6.01 Å². The van der Waals surface area contributed by atoms with E-state index in [1.807, 2.05) is 17.5 Å². The van der Waals surface area contributed by atoms with Gasteiger partial charge in [-0.2, -0.15) is 4.98 Å². The molecule has 2 heterocycles. The van der Waals surface area contributed by atoms with Gasteiger partial charge in [0.1, 0.15) is 0 Å². The third kappa shape index (κ3) is 1.64. The average Bonchev–Trinajstić information content (AvgIpc) is 2.69. The van der Waals surface area contributed by atoms with Crippen molar-refractivity contribution in [1.29, 1.82) is 0 Å². The fourth-order valence-corrected chi connectivity index (χ4v) is 1.66. The van der Waals surface area contributed by atoms with Crippen LogP contribution in [-0.4, -0.2) is 22.1 Å². The van der Waals surface area contributed by atoms with Crippen molar-refractivity contribution in [3.8, 4) is 16.7 Å². The average molecular weight is 209 g/mol. The van der Waals surface area contributed by atoms with Crippen LogP contribution in [0.3, 0.4) is 0 Å². The van der Waals surface area contributed by atoms with Crippen molar-refractivity contribution in [3.05, 3.63) is 28.0 Å². The minimum Gasteiger partial charge on any atom is -0.467 e. The van der Waals surface area contributed by atoms with E-state index in [0.717, 1.165) is 4.88 Å². The quantitative estimate of drug-likeness (QED) is 0.798. The Labute approximate surface area is 83.4 Å². The van der Waals surface area contributed by atoms with E-state index in [4.69, 9.17) is 4.74 Å². The standard InChI is InChI=1S/C8H7N3O2S/c1-13-8-10-6(9-7(12)11-8)5-3-2-4-14-5/h2-4H,1H3,(H,9,10,11,12). The zero-order valence-corrected chi connectivity index (χ0v) is 8.17. The summed E-state index contributed by atoms with van der Waals surface area (Å²) in [7, 11) is 1.42. The summed E-state index contributed by atoms with van der Waals surface area (Å²) in [5.41, 5.74) is -0.458. The monoisotopic (exact) mass is 209 g/mol. The molecular weight excluding hydrogens is 202 g/mol. The molecule has 72 valence electrons. The topological polar surface area (TPSA) is 67.9 Å². The van der Waals surface area contributed by atoms with Crippen LogP contribution < -0.4 is 10.4 Å². The number of rotatable bonds is 2. The first-order valence-corrected chi connectivity index (χ1v) is 4.74. The highest BCUT2D eigenvalue weighted by molar-refractivity contribution is 7.13. The first-order valence-electron chi connectivity index (χ1n) is 3.86. The van der Waals surface area contributed by atoms with E-state index in [9.17, 15) is 4.79 Å². The van der Waals surface area contributed by atoms with Gasteiger partial charge in [-0.05, 0) is 11.4 Å². The Bertz CT molecular complexity index is 478. The maximum absolute atomic E-state index is 11.1. The summed E-state index contributed by atoms with van der Waals surface area (Å²) < 4.78 is 4.80. The van der Waals surface area contributed by atoms with Crippen LogP contribution in [-0.2, 0) is 0 Å². The molecule has 5 nitrogen and oxygen atoms in total. The number of nitrogens with one attached hydrogen (secondary N) is 1. The van der Waals surface area contributed by atoms with Gasteiger partial charge in [0.05, 0.1) is 12.0 Å². The van der Waals surface area contributed by atoms with Gasteiger partial charge in [0.15, 0.2) is 5.82 Å². The van der Waals surface area contributed by atoms with Crippen molar-refractivity contribution in [2.75, 3.05) is 7.11 Å². The number of ether oxygens (including phenoxy) is 1. The molecule has 6 heteroatoms. The van der Waals surface area contributed by atoms with Crippen molar-refractivity contribution >= 4 is 11.3 Å². The normalized spacial score (nSPS) is 10.1. The molecule has 0 amide bonds. The van der Waals surface area contributed by atoms with Crippen molar-refractivity contribution < 1.29 is 4.74 Å². The molecule has 1 N–H and O–H groups in total. The summed E-state index contributed by atoms with van der Waals surface area (Å²) in [6, 6.07) is 3.83. The summed E-state index contributed by atoms with van der Waals surface area (Å²) in [6.07, 6.45) is 0. The molecule has 2 aromatic rings. The maximum atomic E-state index is 11.1. The second kappa shape index (κ2) is 3.59. The van der Waals surface area contributed by atoms with Gasteiger partial charge in [-0.15, -0.1) is 16.3 Å². The summed E-state index contributed by atoms with van der Waals surface area (Å²) in [6.45, 7) is 0. The second-order valence-electron chi connectivity index (χ2n) is 2.47. The molecule has 0 atom stereocenters. The Balaban J connectivity index is 2.54. The zero-order valence-electron chi connectivity index (χ0n) is 7.35. The number of aromatic nitrogens is 3. The molecule has 0 saturated carbocycles. The predicted octanol–water partition coefficient (Wildman–Crippen LogP) is 0.902. The Hall–Kier alpha value is -1.69. The van der Waals surface area contributed by atoms with Gasteiger partial charge in [-0.3, -0.25) is 4.98 Å². The fraction of sp³-hybridized carbons (Fsp3) is 0.125. The largest absolute Gasteiger partial charge is 0.467 e. The minimum absolute atomic E-state index is 0.0807. The van der Waals surface area contributed by atoms with E-state index in [1.165, 1.54) is 18.4 Å². The third-order valence-corrected chi connectivity index (χ3v) is 2.44. The van der Waals surface area contributed by atoms with Crippen molar-refractivity contribution in [2.45, 2.75) is 0 Å². The SMILES string of the molecule is COc1nc(-c2cccs2)[nH]c(=O)n1. The van der Waals surface area contributed by atoms with Crippen LogP contribution >= 0.6 is 11.3 Å². The number of hydrogen-bond donors (Lipinski definition) is 1. The summed E-state index contributed by atoms with van der Waals surface area (Å²) in [5, 5.41) is 1.90. The molecule has 0 saturated heterocycles. The van der Waals surface area contributed by atoms with Crippen LogP contribution in [0.4, 0.5) is 0 Å². The van der Waals surface area contributed by atoms with Crippen LogP contribution in [0.1, 0.15) is 0 Å². The molecule has 0 unspecified atom stereocenters. The van der Waals surface area contributed by atoms with Gasteiger partial charge < -0.3 is 4.74 Å². The first-order chi connectivity index (χ1) is 6.79. The van der Waals surface area contributed by atoms with Crippen LogP contribution in [0.5, 0.6) is 6.01 Å². The van der Waals surface area contributed by atoms with Gasteiger partial charge in [0.2, 0.25) is 0 Å². The summed E-state index contributed by atoms with van der Waals surface area (Å²) in [5.74, 6) is 0.483. The van der Waals surface area contributed by atoms with Crippen LogP contribution in [0, 0.1) is 0 Å². The summed E-state index contributed by atoms with van der Waals surface area (Å²) in [4.78, 5) is 22.0. The van der Waals surface area contributed by atoms with Crippen molar-refractivity contribution in [3.63, 3.8) is 0 Å². The first kappa shape index (κ1) is 8.89. The lowest BCUT2D eigenvalue weighted by Crippen LogP contribution is -2.13. The number of H-pyrrole nitrogens is 1. The molecule has 0 spiro atoms. The Morgan fingerprint density at radius 3 is 3.00 bits per heavy atom. The van der Waals surface area contributed by atoms with Gasteiger partial charge in [0, 0.05) is 0 Å². The number of aromatic amines is 1. The van der Waals surface area contributed by atoms with Gasteiger partial charge in [0.25, 0.3) is 0 Å². The lowest BCUT2D eigenvalue weighted by molar-refractivity contribution is 0.377. The number of thiophene rings is 1. The molecule has 0 radical (unpaired) electrons. The van der Waals surface area contributed by atoms with Gasteiger partial charge in [-0.1, -0.05) is 6.07 Å². The predicted molar refractivity (Wildman–Crippen MR) is 52.5 cm³/mol. The molecule has 14 heavy (non-hydrogen) atoms. The van der Waals surface area contributed by atoms with Gasteiger partial charge in [-0.25, -0.2) is 4.79 Å². The Morgan fingerprint density at radius 1 is 1.50 bits per heavy atom. The number of nitrogens with zero attached hydrogens (tertiary/aromatic N) is 2. The van der Waals surface area contributed by atoms with Crippen LogP contribution in [0.25, 0.3) is 10.7 Å². The Morgan fingerprint density at radius 2 is 2.36 bits per heavy atom. The minimum atomic E-state index is -0.458. The van der Waals surface area contributed by atoms with Gasteiger partial charge >= 0.3 is 11.7 Å². The molecule has 0 aliphatic heterocycles. The number of methoxy groups -OCH3 is 1. The molecular formula is C8H7N3O2S. The molecule has 0 aromatic carbocycles. The Kier molecular flexibility index (Phi) is 2.28. The highest BCUT2D eigenvalue weighted by atomic mass is 32.1. The fourth-order valence-electron chi connectivity index (χ4n) is 0.986. The lowest BCUT2D eigenvalue weighted by atomic mass is 10.4. The molecule has 0 bridgehead atoms. The highest BCUT2D eigenvalue weighted by Crippen LogP contribution is 2.20. The van der Waals surface area contributed by atoms with E-state index in [0.29, 0.717) is 5.82 Å². The van der Waals surface area contributed by atoms with Crippen molar-refractivity contribution in [2.24, 2.45) is 0 Å². The third-order valence-electron chi connectivity index (χ3n) is 1.57. The van der Waals surface area contributed by atoms with E-state index >= 15 is 0 Å². The van der Waals surface area contributed by atoms with Crippen LogP contribution in [0.2, 0.25) is 0 Å². The second-order valence-corrected chi connectivity index (χ2v) is 3.41. The lowest BCUT2D eigenvalue weighted by Gasteiger charge is -1.98. The molecule has 0 aliphatic rings. The zero-order chi connectivity index (χ0) is 9.97. The van der Waals surface area contributed by atoms with Crippen LogP contribution in [0.15, 0.2) is 22.3 Å². The highest BCUT2D eigenvalue weighted by Gasteiger charge is 2.05. The maximum Gasteiger partial charge on any atom is 0.351 e. The van der Waals surface area contributed by atoms with Crippen molar-refractivity contribution in [1.82, 2.24) is 15.0 Å². The molecule has 2 rings (SSSR count). The van der Waals surface area contributed by atoms with E-state index in [1.54, 1.807) is 0 Å². The molecule has 0 aliphatic carbocycles. The van der Waals surface area contributed by atoms with E-state index < -0.39 is 5.69 Å². The number of hydrogen-bond acceptors (Lipinski definition) is 5. The van der Waals surface area contributed by atoms with E-state index in [2.05, 4.69) is 15.0 Å². The smallest absolute Gasteiger partial charge is 0.351 e. The molecule has 2 aromatic heterocycles.